The molecule has 20 heavy (non-hydrogen) atoms. The van der Waals surface area contributed by atoms with Crippen molar-refractivity contribution in [2.75, 3.05) is 32.8 Å². The first-order valence-electron chi connectivity index (χ1n) is 7.34. The molecule has 2 heterocycles. The fraction of sp³-hybridized carbons (Fsp3) is 0.625. The molecular weight excluding hydrogens is 254 g/mol. The Kier molecular flexibility index (Phi) is 3.71. The molecule has 1 saturated heterocycles. The number of nitrogens with zero attached hydrogens (tertiary/aromatic N) is 1. The largest absolute Gasteiger partial charge is 0.487 e. The summed E-state index contributed by atoms with van der Waals surface area (Å²) in [5, 5.41) is 10.7. The van der Waals surface area contributed by atoms with Crippen LogP contribution in [0, 0.1) is 5.92 Å². The van der Waals surface area contributed by atoms with E-state index < -0.39 is 6.10 Å². The van der Waals surface area contributed by atoms with E-state index in [1.165, 1.54) is 0 Å². The van der Waals surface area contributed by atoms with E-state index in [0.29, 0.717) is 0 Å². The lowest BCUT2D eigenvalue weighted by molar-refractivity contribution is -0.0766. The molecule has 0 aromatic heterocycles. The monoisotopic (exact) mass is 277 g/mol. The fourth-order valence-electron chi connectivity index (χ4n) is 3.16. The molecule has 2 aliphatic rings. The summed E-state index contributed by atoms with van der Waals surface area (Å²) in [6, 6.07) is 7.80. The van der Waals surface area contributed by atoms with E-state index in [4.69, 9.17) is 9.47 Å². The average Bonchev–Trinajstić information content (AvgIpc) is 2.44. The highest BCUT2D eigenvalue weighted by Crippen LogP contribution is 2.43. The zero-order chi connectivity index (χ0) is 14.2. The van der Waals surface area contributed by atoms with Crippen molar-refractivity contribution in [3.63, 3.8) is 0 Å². The summed E-state index contributed by atoms with van der Waals surface area (Å²) < 4.78 is 11.5. The van der Waals surface area contributed by atoms with Crippen molar-refractivity contribution >= 4 is 0 Å². The van der Waals surface area contributed by atoms with Crippen LogP contribution in [0.5, 0.6) is 5.75 Å². The van der Waals surface area contributed by atoms with Gasteiger partial charge in [-0.2, -0.15) is 0 Å². The Labute approximate surface area is 120 Å². The van der Waals surface area contributed by atoms with Crippen molar-refractivity contribution in [2.45, 2.75) is 25.6 Å². The van der Waals surface area contributed by atoms with Crippen LogP contribution in [0.3, 0.4) is 0 Å². The highest BCUT2D eigenvalue weighted by molar-refractivity contribution is 5.38. The van der Waals surface area contributed by atoms with Crippen molar-refractivity contribution in [1.29, 1.82) is 0 Å². The highest BCUT2D eigenvalue weighted by atomic mass is 16.5. The number of ether oxygens (including phenoxy) is 2. The number of fused-ring (bicyclic) bond motifs is 1. The van der Waals surface area contributed by atoms with Gasteiger partial charge in [-0.1, -0.05) is 18.2 Å². The third-order valence-corrected chi connectivity index (χ3v) is 4.44. The van der Waals surface area contributed by atoms with Crippen molar-refractivity contribution in [2.24, 2.45) is 5.92 Å². The Morgan fingerprint density at radius 2 is 1.95 bits per heavy atom. The molecule has 1 N–H and O–H groups in total. The normalized spacial score (nSPS) is 29.6. The Morgan fingerprint density at radius 1 is 1.25 bits per heavy atom. The van der Waals surface area contributed by atoms with Gasteiger partial charge < -0.3 is 14.6 Å². The van der Waals surface area contributed by atoms with Crippen molar-refractivity contribution in [1.82, 2.24) is 4.90 Å². The minimum Gasteiger partial charge on any atom is -0.487 e. The molecular formula is C16H23NO3. The maximum Gasteiger partial charge on any atom is 0.125 e. The van der Waals surface area contributed by atoms with Crippen LogP contribution in [-0.2, 0) is 4.74 Å². The topological polar surface area (TPSA) is 41.9 Å². The summed E-state index contributed by atoms with van der Waals surface area (Å²) in [6.07, 6.45) is -0.474. The number of rotatable bonds is 2. The number of hydrogen-bond donors (Lipinski definition) is 1. The number of para-hydroxylation sites is 1. The number of aliphatic hydroxyl groups excluding tert-OH is 1. The molecule has 4 heteroatoms. The van der Waals surface area contributed by atoms with Gasteiger partial charge in [0.1, 0.15) is 11.4 Å². The third-order valence-electron chi connectivity index (χ3n) is 4.44. The summed E-state index contributed by atoms with van der Waals surface area (Å²) in [4.78, 5) is 2.36. The van der Waals surface area contributed by atoms with Crippen molar-refractivity contribution in [3.8, 4) is 5.75 Å². The summed E-state index contributed by atoms with van der Waals surface area (Å²) in [7, 11) is 0. The van der Waals surface area contributed by atoms with E-state index in [9.17, 15) is 5.11 Å². The van der Waals surface area contributed by atoms with Crippen LogP contribution in [0.25, 0.3) is 0 Å². The molecule has 1 aromatic carbocycles. The lowest BCUT2D eigenvalue weighted by Gasteiger charge is -2.45. The van der Waals surface area contributed by atoms with E-state index in [-0.39, 0.29) is 11.5 Å². The Balaban J connectivity index is 1.82. The average molecular weight is 277 g/mol. The van der Waals surface area contributed by atoms with E-state index >= 15 is 0 Å². The number of morpholine rings is 1. The minimum atomic E-state index is -0.474. The zero-order valence-electron chi connectivity index (χ0n) is 12.2. The molecule has 4 nitrogen and oxygen atoms in total. The second-order valence-corrected chi connectivity index (χ2v) is 6.21. The quantitative estimate of drug-likeness (QED) is 0.895. The first-order valence-corrected chi connectivity index (χ1v) is 7.34. The second kappa shape index (κ2) is 5.35. The summed E-state index contributed by atoms with van der Waals surface area (Å²) in [6.45, 7) is 8.39. The first-order chi connectivity index (χ1) is 9.58. The predicted molar refractivity (Wildman–Crippen MR) is 76.9 cm³/mol. The molecule has 0 saturated carbocycles. The molecule has 2 aliphatic heterocycles. The molecule has 3 rings (SSSR count). The van der Waals surface area contributed by atoms with Crippen LogP contribution in [0.1, 0.15) is 25.5 Å². The number of benzene rings is 1. The molecule has 0 amide bonds. The minimum absolute atomic E-state index is 0.0653. The molecule has 0 spiro atoms. The lowest BCUT2D eigenvalue weighted by atomic mass is 9.79. The van der Waals surface area contributed by atoms with Gasteiger partial charge in [0, 0.05) is 31.1 Å². The smallest absolute Gasteiger partial charge is 0.125 e. The SMILES string of the molecule is CC1(C)Oc2ccccc2[C@@H](O)[C@@H]1CN1CCOCC1. The molecule has 1 aromatic rings. The van der Waals surface area contributed by atoms with E-state index in [1.807, 2.05) is 24.3 Å². The Hall–Kier alpha value is -1.10. The molecule has 2 atom stereocenters. The first kappa shape index (κ1) is 13.9. The third kappa shape index (κ3) is 2.55. The van der Waals surface area contributed by atoms with Crippen molar-refractivity contribution in [3.05, 3.63) is 29.8 Å². The zero-order valence-corrected chi connectivity index (χ0v) is 12.2. The van der Waals surface area contributed by atoms with Crippen LogP contribution >= 0.6 is 0 Å². The molecule has 110 valence electrons. The van der Waals surface area contributed by atoms with Gasteiger partial charge in [-0.15, -0.1) is 0 Å². The van der Waals surface area contributed by atoms with E-state index in [2.05, 4.69) is 18.7 Å². The maximum atomic E-state index is 10.7. The standard InChI is InChI=1S/C16H23NO3/c1-16(2)13(11-17-7-9-19-10-8-17)15(18)12-5-3-4-6-14(12)20-16/h3-6,13,15,18H,7-11H2,1-2H3/t13-,15+/m0/s1. The maximum absolute atomic E-state index is 10.7. The second-order valence-electron chi connectivity index (χ2n) is 6.21. The van der Waals surface area contributed by atoms with Crippen LogP contribution in [0.15, 0.2) is 24.3 Å². The molecule has 0 bridgehead atoms. The molecule has 0 aliphatic carbocycles. The van der Waals surface area contributed by atoms with Gasteiger partial charge in [-0.3, -0.25) is 4.90 Å². The van der Waals surface area contributed by atoms with Gasteiger partial charge in [0.15, 0.2) is 0 Å². The predicted octanol–water partition coefficient (Wildman–Crippen LogP) is 1.84. The fourth-order valence-corrected chi connectivity index (χ4v) is 3.16. The van der Waals surface area contributed by atoms with Gasteiger partial charge >= 0.3 is 0 Å². The lowest BCUT2D eigenvalue weighted by Crippen LogP contribution is -2.51. The van der Waals surface area contributed by atoms with E-state index in [1.54, 1.807) is 0 Å². The summed E-state index contributed by atoms with van der Waals surface area (Å²) >= 11 is 0. The van der Waals surface area contributed by atoms with Gasteiger partial charge in [0.2, 0.25) is 0 Å². The number of aliphatic hydroxyl groups is 1. The number of hydrogen-bond acceptors (Lipinski definition) is 4. The van der Waals surface area contributed by atoms with Crippen LogP contribution in [0.4, 0.5) is 0 Å². The summed E-state index contributed by atoms with van der Waals surface area (Å²) in [5.41, 5.74) is 0.539. The molecule has 1 fully saturated rings. The van der Waals surface area contributed by atoms with Crippen molar-refractivity contribution < 1.29 is 14.6 Å². The van der Waals surface area contributed by atoms with Gasteiger partial charge in [0.25, 0.3) is 0 Å². The van der Waals surface area contributed by atoms with E-state index in [0.717, 1.165) is 44.2 Å². The molecule has 0 unspecified atom stereocenters. The van der Waals surface area contributed by atoms with Gasteiger partial charge in [-0.25, -0.2) is 0 Å². The van der Waals surface area contributed by atoms with Crippen LogP contribution in [-0.4, -0.2) is 48.5 Å². The Morgan fingerprint density at radius 3 is 2.70 bits per heavy atom. The molecule has 0 radical (unpaired) electrons. The summed E-state index contributed by atoms with van der Waals surface area (Å²) in [5.74, 6) is 0.874. The van der Waals surface area contributed by atoms with Crippen LogP contribution < -0.4 is 4.74 Å². The highest BCUT2D eigenvalue weighted by Gasteiger charge is 2.43. The van der Waals surface area contributed by atoms with Gasteiger partial charge in [0.05, 0.1) is 19.3 Å². The Bertz CT molecular complexity index is 469. The van der Waals surface area contributed by atoms with Crippen LogP contribution in [0.2, 0.25) is 0 Å². The van der Waals surface area contributed by atoms with Gasteiger partial charge in [-0.05, 0) is 19.9 Å².